The van der Waals surface area contributed by atoms with Gasteiger partial charge in [0.25, 0.3) is 0 Å². The first-order valence-electron chi connectivity index (χ1n) is 7.15. The Labute approximate surface area is 120 Å². The van der Waals surface area contributed by atoms with Crippen LogP contribution < -0.4 is 10.8 Å². The van der Waals surface area contributed by atoms with Crippen molar-refractivity contribution in [1.29, 1.82) is 0 Å². The molecule has 1 unspecified atom stereocenters. The summed E-state index contributed by atoms with van der Waals surface area (Å²) in [5.41, 5.74) is 5.43. The predicted molar refractivity (Wildman–Crippen MR) is 80.4 cm³/mol. The number of rotatable bonds is 8. The maximum Gasteiger partial charge on any atom is 0.417 e. The van der Waals surface area contributed by atoms with Gasteiger partial charge in [-0.1, -0.05) is 57.2 Å². The van der Waals surface area contributed by atoms with Gasteiger partial charge in [0.1, 0.15) is 0 Å². The maximum atomic E-state index is 12.9. The standard InChI is InChI=1S/C15H23F3NP/c1-2-3-4-5-6-9-12-20(19)14-11-8-7-10-13(14)15(16,17)18/h7-8,10-11H,2-6,9,12,19H2,1H3. The number of hydrogen-bond donors (Lipinski definition) is 1. The van der Waals surface area contributed by atoms with E-state index in [-0.39, 0.29) is 5.30 Å². The third-order valence-corrected chi connectivity index (χ3v) is 5.08. The molecule has 5 heteroatoms. The fraction of sp³-hybridized carbons (Fsp3) is 0.600. The summed E-state index contributed by atoms with van der Waals surface area (Å²) < 4.78 is 38.7. The zero-order chi connectivity index (χ0) is 15.0. The Kier molecular flexibility index (Phi) is 7.53. The second kappa shape index (κ2) is 8.63. The van der Waals surface area contributed by atoms with E-state index in [0.29, 0.717) is 6.16 Å². The molecule has 1 nitrogen and oxygen atoms in total. The first-order valence-corrected chi connectivity index (χ1v) is 8.75. The lowest BCUT2D eigenvalue weighted by molar-refractivity contribution is -0.136. The highest BCUT2D eigenvalue weighted by atomic mass is 31.1. The third kappa shape index (κ3) is 5.80. The van der Waals surface area contributed by atoms with Crippen LogP contribution in [-0.2, 0) is 6.18 Å². The van der Waals surface area contributed by atoms with Crippen LogP contribution in [0.25, 0.3) is 0 Å². The first kappa shape index (κ1) is 17.5. The minimum Gasteiger partial charge on any atom is -0.306 e. The molecule has 0 aromatic heterocycles. The smallest absolute Gasteiger partial charge is 0.306 e. The van der Waals surface area contributed by atoms with Crippen LogP contribution in [0.2, 0.25) is 0 Å². The van der Waals surface area contributed by atoms with E-state index < -0.39 is 19.8 Å². The Morgan fingerprint density at radius 2 is 1.60 bits per heavy atom. The summed E-state index contributed by atoms with van der Waals surface area (Å²) in [5.74, 6) is 0. The summed E-state index contributed by atoms with van der Waals surface area (Å²) in [6, 6.07) is 5.69. The Morgan fingerprint density at radius 1 is 1.00 bits per heavy atom. The minimum atomic E-state index is -4.31. The van der Waals surface area contributed by atoms with Crippen molar-refractivity contribution >= 4 is 13.4 Å². The van der Waals surface area contributed by atoms with E-state index in [2.05, 4.69) is 6.92 Å². The van der Waals surface area contributed by atoms with Crippen LogP contribution in [0.3, 0.4) is 0 Å². The fourth-order valence-corrected chi connectivity index (χ4v) is 3.74. The molecule has 20 heavy (non-hydrogen) atoms. The molecule has 0 radical (unpaired) electrons. The van der Waals surface area contributed by atoms with E-state index >= 15 is 0 Å². The quantitative estimate of drug-likeness (QED) is 0.528. The Balaban J connectivity index is 2.49. The third-order valence-electron chi connectivity index (χ3n) is 3.27. The molecule has 1 atom stereocenters. The monoisotopic (exact) mass is 305 g/mol. The maximum absolute atomic E-state index is 12.9. The van der Waals surface area contributed by atoms with Crippen molar-refractivity contribution in [3.63, 3.8) is 0 Å². The van der Waals surface area contributed by atoms with Crippen molar-refractivity contribution in [2.24, 2.45) is 5.50 Å². The van der Waals surface area contributed by atoms with Crippen LogP contribution in [0.15, 0.2) is 24.3 Å². The summed E-state index contributed by atoms with van der Waals surface area (Å²) in [4.78, 5) is 0. The largest absolute Gasteiger partial charge is 0.417 e. The normalized spacial score (nSPS) is 13.4. The van der Waals surface area contributed by atoms with Gasteiger partial charge in [0.05, 0.1) is 5.56 Å². The molecule has 2 N–H and O–H groups in total. The molecule has 1 rings (SSSR count). The molecule has 0 bridgehead atoms. The van der Waals surface area contributed by atoms with Crippen LogP contribution in [0.4, 0.5) is 13.2 Å². The molecule has 0 spiro atoms. The van der Waals surface area contributed by atoms with E-state index in [1.165, 1.54) is 31.4 Å². The van der Waals surface area contributed by atoms with Crippen LogP contribution in [0.1, 0.15) is 51.0 Å². The number of nitrogens with two attached hydrogens (primary N) is 1. The lowest BCUT2D eigenvalue weighted by atomic mass is 10.1. The van der Waals surface area contributed by atoms with Gasteiger partial charge in [-0.05, 0) is 26.7 Å². The number of benzene rings is 1. The van der Waals surface area contributed by atoms with Crippen molar-refractivity contribution in [3.8, 4) is 0 Å². The van der Waals surface area contributed by atoms with Crippen molar-refractivity contribution in [3.05, 3.63) is 29.8 Å². The van der Waals surface area contributed by atoms with Gasteiger partial charge < -0.3 is 5.50 Å². The zero-order valence-electron chi connectivity index (χ0n) is 11.9. The molecule has 0 aliphatic rings. The SMILES string of the molecule is CCCCCCCCP(N)c1ccccc1C(F)(F)F. The molecule has 1 aromatic carbocycles. The van der Waals surface area contributed by atoms with E-state index in [1.54, 1.807) is 6.07 Å². The molecular formula is C15H23F3NP. The van der Waals surface area contributed by atoms with Gasteiger partial charge >= 0.3 is 6.18 Å². The summed E-state index contributed by atoms with van der Waals surface area (Å²) >= 11 is 0. The molecule has 0 fully saturated rings. The molecule has 0 saturated heterocycles. The molecule has 0 aliphatic carbocycles. The highest BCUT2D eigenvalue weighted by molar-refractivity contribution is 7.63. The van der Waals surface area contributed by atoms with Crippen LogP contribution >= 0.6 is 8.07 Å². The summed E-state index contributed by atoms with van der Waals surface area (Å²) in [6.07, 6.45) is 3.13. The zero-order valence-corrected chi connectivity index (χ0v) is 12.8. The number of hydrogen-bond acceptors (Lipinski definition) is 1. The molecule has 0 heterocycles. The average Bonchev–Trinajstić information content (AvgIpc) is 2.41. The average molecular weight is 305 g/mol. The van der Waals surface area contributed by atoms with E-state index in [4.69, 9.17) is 5.50 Å². The second-order valence-corrected chi connectivity index (χ2v) is 6.84. The highest BCUT2D eigenvalue weighted by Crippen LogP contribution is 2.35. The Morgan fingerprint density at radius 3 is 2.25 bits per heavy atom. The molecule has 114 valence electrons. The second-order valence-electron chi connectivity index (χ2n) is 4.98. The van der Waals surface area contributed by atoms with Crippen molar-refractivity contribution in [2.45, 2.75) is 51.6 Å². The van der Waals surface area contributed by atoms with Gasteiger partial charge in [-0.25, -0.2) is 0 Å². The van der Waals surface area contributed by atoms with Crippen molar-refractivity contribution in [1.82, 2.24) is 0 Å². The molecule has 0 saturated carbocycles. The van der Waals surface area contributed by atoms with Crippen molar-refractivity contribution in [2.75, 3.05) is 6.16 Å². The lowest BCUT2D eigenvalue weighted by Gasteiger charge is -2.18. The molecular weight excluding hydrogens is 282 g/mol. The van der Waals surface area contributed by atoms with E-state index in [0.717, 1.165) is 25.3 Å². The fourth-order valence-electron chi connectivity index (χ4n) is 2.15. The molecule has 0 amide bonds. The van der Waals surface area contributed by atoms with Gasteiger partial charge in [0, 0.05) is 5.30 Å². The number of unbranched alkanes of at least 4 members (excludes halogenated alkanes) is 5. The van der Waals surface area contributed by atoms with E-state index in [1.807, 2.05) is 0 Å². The van der Waals surface area contributed by atoms with Crippen LogP contribution in [0.5, 0.6) is 0 Å². The van der Waals surface area contributed by atoms with Gasteiger partial charge in [-0.3, -0.25) is 0 Å². The van der Waals surface area contributed by atoms with Gasteiger partial charge in [-0.15, -0.1) is 0 Å². The van der Waals surface area contributed by atoms with Crippen LogP contribution in [0, 0.1) is 0 Å². The minimum absolute atomic E-state index is 0.281. The summed E-state index contributed by atoms with van der Waals surface area (Å²) in [6.45, 7) is 2.16. The highest BCUT2D eigenvalue weighted by Gasteiger charge is 2.34. The molecule has 1 aromatic rings. The van der Waals surface area contributed by atoms with Crippen molar-refractivity contribution < 1.29 is 13.2 Å². The number of halogens is 3. The van der Waals surface area contributed by atoms with Gasteiger partial charge in [0.15, 0.2) is 0 Å². The number of alkyl halides is 3. The first-order chi connectivity index (χ1) is 9.46. The Bertz CT molecular complexity index is 393. The van der Waals surface area contributed by atoms with Crippen LogP contribution in [-0.4, -0.2) is 6.16 Å². The summed E-state index contributed by atoms with van der Waals surface area (Å²) in [5, 5.41) is 0.281. The predicted octanol–water partition coefficient (Wildman–Crippen LogP) is 5.05. The Hall–Kier alpha value is -0.600. The lowest BCUT2D eigenvalue weighted by Crippen LogP contribution is -2.21. The topological polar surface area (TPSA) is 26.0 Å². The van der Waals surface area contributed by atoms with Gasteiger partial charge in [0.2, 0.25) is 0 Å². The molecule has 0 aliphatic heterocycles. The van der Waals surface area contributed by atoms with Gasteiger partial charge in [-0.2, -0.15) is 13.2 Å². The van der Waals surface area contributed by atoms with E-state index in [9.17, 15) is 13.2 Å². The summed E-state index contributed by atoms with van der Waals surface area (Å²) in [7, 11) is -1.21.